The molecule has 0 aliphatic heterocycles. The van der Waals surface area contributed by atoms with Crippen LogP contribution in [-0.4, -0.2) is 40.7 Å². The van der Waals surface area contributed by atoms with E-state index < -0.39 is 52.5 Å². The second kappa shape index (κ2) is 8.63. The zero-order valence-corrected chi connectivity index (χ0v) is 17.9. The van der Waals surface area contributed by atoms with Crippen molar-refractivity contribution in [3.63, 3.8) is 0 Å². The molecule has 4 rings (SSSR count). The Labute approximate surface area is 194 Å². The average Bonchev–Trinajstić information content (AvgIpc) is 3.16. The highest BCUT2D eigenvalue weighted by Crippen LogP contribution is 2.35. The molecule has 2 aromatic carbocycles. The van der Waals surface area contributed by atoms with Gasteiger partial charge in [0.1, 0.15) is 22.8 Å². The van der Waals surface area contributed by atoms with E-state index in [0.29, 0.717) is 5.69 Å². The smallest absolute Gasteiger partial charge is 0.339 e. The van der Waals surface area contributed by atoms with Crippen molar-refractivity contribution in [1.82, 2.24) is 14.4 Å². The summed E-state index contributed by atoms with van der Waals surface area (Å²) >= 11 is 0. The maximum Gasteiger partial charge on any atom is 0.339 e. The third-order valence-electron chi connectivity index (χ3n) is 5.07. The van der Waals surface area contributed by atoms with Crippen molar-refractivity contribution in [2.45, 2.75) is 19.0 Å². The first kappa shape index (κ1) is 24.1. The van der Waals surface area contributed by atoms with Gasteiger partial charge in [-0.3, -0.25) is 9.20 Å². The number of hydrogen-bond donors (Lipinski definition) is 6. The van der Waals surface area contributed by atoms with Gasteiger partial charge in [-0.25, -0.2) is 23.1 Å². The van der Waals surface area contributed by atoms with Gasteiger partial charge in [-0.2, -0.15) is 0 Å². The second-order valence-corrected chi connectivity index (χ2v) is 7.64. The van der Waals surface area contributed by atoms with E-state index in [1.54, 1.807) is 0 Å². The van der Waals surface area contributed by atoms with Crippen LogP contribution in [0.25, 0.3) is 16.8 Å². The molecule has 0 spiro atoms. The minimum absolute atomic E-state index is 0.101. The second-order valence-electron chi connectivity index (χ2n) is 7.64. The van der Waals surface area contributed by atoms with Crippen LogP contribution in [-0.2, 0) is 10.8 Å². The highest BCUT2D eigenvalue weighted by atomic mass is 19.2. The van der Waals surface area contributed by atoms with Crippen molar-refractivity contribution in [1.29, 1.82) is 0 Å². The maximum atomic E-state index is 15.1. The maximum absolute atomic E-state index is 15.1. The van der Waals surface area contributed by atoms with Crippen LogP contribution in [0.3, 0.4) is 0 Å². The summed E-state index contributed by atoms with van der Waals surface area (Å²) in [7, 11) is 0. The summed E-state index contributed by atoms with van der Waals surface area (Å²) in [4.78, 5) is 20.1. The molecule has 10 nitrogen and oxygen atoms in total. The summed E-state index contributed by atoms with van der Waals surface area (Å²) in [5.74, 6) is -9.32. The van der Waals surface area contributed by atoms with Crippen molar-refractivity contribution < 1.29 is 38.4 Å². The Morgan fingerprint density at radius 2 is 1.83 bits per heavy atom. The van der Waals surface area contributed by atoms with Crippen LogP contribution in [0.15, 0.2) is 42.6 Å². The third kappa shape index (κ3) is 4.40. The van der Waals surface area contributed by atoms with Gasteiger partial charge in [-0.05, 0) is 36.8 Å². The van der Waals surface area contributed by atoms with Gasteiger partial charge in [0.15, 0.2) is 17.7 Å². The SMILES string of the molecule is Cc1cn2c(C(O)(O)O)nc(-c3ccc(NC(=O)C(O)c4cccc(F)c4)c(F)c3F)c2c(N)n1. The normalized spacial score (nSPS) is 12.7. The van der Waals surface area contributed by atoms with E-state index >= 15 is 4.39 Å². The summed E-state index contributed by atoms with van der Waals surface area (Å²) in [6.07, 6.45) is -0.626. The molecule has 0 saturated heterocycles. The molecular weight excluding hydrogens is 471 g/mol. The number of benzene rings is 2. The lowest BCUT2D eigenvalue weighted by Crippen LogP contribution is -2.27. The topological polar surface area (TPSA) is 166 Å². The number of rotatable bonds is 5. The molecular formula is C22H18F3N5O5. The van der Waals surface area contributed by atoms with Gasteiger partial charge >= 0.3 is 5.97 Å². The van der Waals surface area contributed by atoms with Crippen LogP contribution >= 0.6 is 0 Å². The number of imidazole rings is 1. The zero-order chi connectivity index (χ0) is 25.7. The lowest BCUT2D eigenvalue weighted by molar-refractivity contribution is -0.329. The molecule has 0 radical (unpaired) electrons. The molecule has 7 N–H and O–H groups in total. The summed E-state index contributed by atoms with van der Waals surface area (Å²) in [5.41, 5.74) is 4.42. The fraction of sp³-hybridized carbons (Fsp3) is 0.136. The van der Waals surface area contributed by atoms with E-state index in [4.69, 9.17) is 5.73 Å². The van der Waals surface area contributed by atoms with E-state index in [1.165, 1.54) is 25.3 Å². The van der Waals surface area contributed by atoms with Crippen LogP contribution in [0.4, 0.5) is 24.7 Å². The minimum atomic E-state index is -3.45. The first-order valence-electron chi connectivity index (χ1n) is 9.94. The number of carbonyl (C=O) groups is 1. The quantitative estimate of drug-likeness (QED) is 0.229. The Balaban J connectivity index is 1.75. The average molecular weight is 489 g/mol. The molecule has 0 aliphatic carbocycles. The largest absolute Gasteiger partial charge is 0.382 e. The molecule has 13 heteroatoms. The number of aliphatic hydroxyl groups is 4. The van der Waals surface area contributed by atoms with Gasteiger partial charge in [0.2, 0.25) is 5.82 Å². The van der Waals surface area contributed by atoms with Crippen LogP contribution in [0.2, 0.25) is 0 Å². The van der Waals surface area contributed by atoms with Gasteiger partial charge in [-0.1, -0.05) is 12.1 Å². The fourth-order valence-corrected chi connectivity index (χ4v) is 3.54. The van der Waals surface area contributed by atoms with Gasteiger partial charge in [0, 0.05) is 11.8 Å². The number of amides is 1. The number of aliphatic hydroxyl groups excluding tert-OH is 1. The summed E-state index contributed by atoms with van der Waals surface area (Å²) in [5, 5.41) is 41.1. The van der Waals surface area contributed by atoms with Crippen molar-refractivity contribution in [2.24, 2.45) is 0 Å². The number of hydrogen-bond acceptors (Lipinski definition) is 8. The van der Waals surface area contributed by atoms with Crippen LogP contribution in [0.1, 0.15) is 23.2 Å². The Morgan fingerprint density at radius 1 is 1.11 bits per heavy atom. The highest BCUT2D eigenvalue weighted by molar-refractivity contribution is 5.95. The van der Waals surface area contributed by atoms with Crippen LogP contribution in [0, 0.1) is 24.4 Å². The summed E-state index contributed by atoms with van der Waals surface area (Å²) in [6.45, 7) is 1.52. The number of carbonyl (C=O) groups excluding carboxylic acids is 1. The summed E-state index contributed by atoms with van der Waals surface area (Å²) < 4.78 is 44.3. The first-order valence-corrected chi connectivity index (χ1v) is 9.94. The number of nitrogens with one attached hydrogen (secondary N) is 1. The van der Waals surface area contributed by atoms with Gasteiger partial charge in [-0.15, -0.1) is 0 Å². The standard InChI is InChI=1S/C22H18F3N5O5/c1-9-8-30-17(19(26)27-9)16(29-21(30)22(33,34)35)12-5-6-13(15(25)14(12)24)28-20(32)18(31)10-3-2-4-11(23)7-10/h2-8,18,31,33-35H,1H3,(H2,26,27)(H,28,32). The zero-order valence-electron chi connectivity index (χ0n) is 17.9. The van der Waals surface area contributed by atoms with Crippen molar-refractivity contribution in [3.05, 3.63) is 77.1 Å². The van der Waals surface area contributed by atoms with E-state index in [1.807, 2.05) is 5.32 Å². The fourth-order valence-electron chi connectivity index (χ4n) is 3.54. The highest BCUT2D eigenvalue weighted by Gasteiger charge is 2.32. The predicted octanol–water partition coefficient (Wildman–Crippen LogP) is 1.46. The molecule has 0 bridgehead atoms. The molecule has 1 unspecified atom stereocenters. The Morgan fingerprint density at radius 3 is 2.49 bits per heavy atom. The molecule has 0 fully saturated rings. The lowest BCUT2D eigenvalue weighted by atomic mass is 10.1. The molecule has 0 saturated carbocycles. The predicted molar refractivity (Wildman–Crippen MR) is 116 cm³/mol. The number of nitrogens with zero attached hydrogens (tertiary/aromatic N) is 3. The Kier molecular flexibility index (Phi) is 5.94. The van der Waals surface area contributed by atoms with Gasteiger partial charge in [0.05, 0.1) is 11.4 Å². The van der Waals surface area contributed by atoms with E-state index in [0.717, 1.165) is 28.7 Å². The molecule has 2 heterocycles. The van der Waals surface area contributed by atoms with Crippen LogP contribution < -0.4 is 11.1 Å². The third-order valence-corrected chi connectivity index (χ3v) is 5.07. The first-order chi connectivity index (χ1) is 16.4. The molecule has 35 heavy (non-hydrogen) atoms. The number of fused-ring (bicyclic) bond motifs is 1. The Bertz CT molecular complexity index is 1470. The number of aryl methyl sites for hydroxylation is 1. The number of halogens is 3. The molecule has 1 amide bonds. The molecule has 2 aromatic heterocycles. The van der Waals surface area contributed by atoms with E-state index in [9.17, 15) is 34.0 Å². The van der Waals surface area contributed by atoms with E-state index in [-0.39, 0.29) is 22.6 Å². The lowest BCUT2D eigenvalue weighted by Gasteiger charge is -2.13. The van der Waals surface area contributed by atoms with Crippen molar-refractivity contribution >= 4 is 22.9 Å². The molecule has 1 atom stereocenters. The number of nitrogen functional groups attached to an aromatic ring is 1. The molecule has 0 aliphatic rings. The van der Waals surface area contributed by atoms with E-state index in [2.05, 4.69) is 9.97 Å². The number of nitrogens with two attached hydrogens (primary N) is 1. The number of aromatic nitrogens is 3. The van der Waals surface area contributed by atoms with Gasteiger partial charge in [0.25, 0.3) is 5.91 Å². The monoisotopic (exact) mass is 489 g/mol. The minimum Gasteiger partial charge on any atom is -0.382 e. The Hall–Kier alpha value is -4.04. The summed E-state index contributed by atoms with van der Waals surface area (Å²) in [6, 6.07) is 6.54. The van der Waals surface area contributed by atoms with Crippen LogP contribution in [0.5, 0.6) is 0 Å². The number of anilines is 2. The van der Waals surface area contributed by atoms with Crippen molar-refractivity contribution in [2.75, 3.05) is 11.1 Å². The molecule has 182 valence electrons. The van der Waals surface area contributed by atoms with Crippen molar-refractivity contribution in [3.8, 4) is 11.3 Å². The molecule has 4 aromatic rings. The van der Waals surface area contributed by atoms with Gasteiger partial charge < -0.3 is 31.5 Å².